The van der Waals surface area contributed by atoms with E-state index < -0.39 is 0 Å². The number of benzene rings is 1. The molecule has 1 heterocycles. The van der Waals surface area contributed by atoms with E-state index in [1.807, 2.05) is 23.5 Å². The van der Waals surface area contributed by atoms with Crippen molar-refractivity contribution < 1.29 is 0 Å². The van der Waals surface area contributed by atoms with E-state index in [1.165, 1.54) is 28.8 Å². The number of nitrogens with one attached hydrogen (secondary N) is 1. The predicted octanol–water partition coefficient (Wildman–Crippen LogP) is 3.46. The van der Waals surface area contributed by atoms with Gasteiger partial charge in [-0.1, -0.05) is 12.1 Å². The molecule has 1 aromatic heterocycles. The molecule has 0 radical (unpaired) electrons. The molecule has 0 bridgehead atoms. The van der Waals surface area contributed by atoms with Crippen molar-refractivity contribution in [2.45, 2.75) is 31.7 Å². The molecule has 0 atom stereocenters. The SMILES string of the molecule is Cc1ccsc1CNCC1(c2ccc(N)cc2)CC1. The van der Waals surface area contributed by atoms with Gasteiger partial charge in [-0.2, -0.15) is 0 Å². The zero-order valence-electron chi connectivity index (χ0n) is 11.3. The van der Waals surface area contributed by atoms with E-state index in [0.717, 1.165) is 18.8 Å². The summed E-state index contributed by atoms with van der Waals surface area (Å²) in [6.45, 7) is 4.23. The zero-order valence-corrected chi connectivity index (χ0v) is 12.1. The van der Waals surface area contributed by atoms with Crippen molar-refractivity contribution in [3.63, 3.8) is 0 Å². The summed E-state index contributed by atoms with van der Waals surface area (Å²) < 4.78 is 0. The minimum absolute atomic E-state index is 0.360. The molecule has 3 heteroatoms. The van der Waals surface area contributed by atoms with Gasteiger partial charge in [-0.05, 0) is 54.5 Å². The van der Waals surface area contributed by atoms with Crippen LogP contribution in [0, 0.1) is 6.92 Å². The van der Waals surface area contributed by atoms with Gasteiger partial charge in [0.1, 0.15) is 0 Å². The number of aryl methyl sites for hydroxylation is 1. The van der Waals surface area contributed by atoms with Crippen LogP contribution in [0.15, 0.2) is 35.7 Å². The Labute approximate surface area is 118 Å². The first-order chi connectivity index (χ1) is 9.20. The normalized spacial score (nSPS) is 16.5. The summed E-state index contributed by atoms with van der Waals surface area (Å²) in [4.78, 5) is 1.45. The maximum Gasteiger partial charge on any atom is 0.0314 e. The van der Waals surface area contributed by atoms with Crippen molar-refractivity contribution in [1.29, 1.82) is 0 Å². The van der Waals surface area contributed by atoms with Gasteiger partial charge in [-0.15, -0.1) is 11.3 Å². The molecule has 0 spiro atoms. The highest BCUT2D eigenvalue weighted by molar-refractivity contribution is 7.10. The molecule has 1 aliphatic carbocycles. The molecule has 0 aliphatic heterocycles. The van der Waals surface area contributed by atoms with Gasteiger partial charge in [-0.3, -0.25) is 0 Å². The van der Waals surface area contributed by atoms with Crippen LogP contribution in [0.2, 0.25) is 0 Å². The van der Waals surface area contributed by atoms with Crippen LogP contribution >= 0.6 is 11.3 Å². The maximum absolute atomic E-state index is 5.76. The Balaban J connectivity index is 1.60. The van der Waals surface area contributed by atoms with E-state index in [9.17, 15) is 0 Å². The van der Waals surface area contributed by atoms with Gasteiger partial charge >= 0.3 is 0 Å². The Morgan fingerprint density at radius 2 is 1.95 bits per heavy atom. The second kappa shape index (κ2) is 4.99. The zero-order chi connectivity index (χ0) is 13.3. The Hall–Kier alpha value is -1.32. The highest BCUT2D eigenvalue weighted by Gasteiger charge is 2.43. The van der Waals surface area contributed by atoms with Crippen molar-refractivity contribution in [2.24, 2.45) is 0 Å². The molecule has 1 saturated carbocycles. The Morgan fingerprint density at radius 3 is 2.53 bits per heavy atom. The van der Waals surface area contributed by atoms with Crippen LogP contribution in [0.1, 0.15) is 28.8 Å². The molecule has 1 aromatic carbocycles. The fourth-order valence-corrected chi connectivity index (χ4v) is 3.43. The molecule has 19 heavy (non-hydrogen) atoms. The molecular formula is C16H20N2S. The predicted molar refractivity (Wildman–Crippen MR) is 82.5 cm³/mol. The van der Waals surface area contributed by atoms with Crippen molar-refractivity contribution >= 4 is 17.0 Å². The van der Waals surface area contributed by atoms with Gasteiger partial charge in [-0.25, -0.2) is 0 Å². The molecular weight excluding hydrogens is 252 g/mol. The highest BCUT2D eigenvalue weighted by Crippen LogP contribution is 2.47. The molecule has 100 valence electrons. The molecule has 1 fully saturated rings. The van der Waals surface area contributed by atoms with Gasteiger partial charge in [0.15, 0.2) is 0 Å². The summed E-state index contributed by atoms with van der Waals surface area (Å²) >= 11 is 1.84. The molecule has 1 aliphatic rings. The maximum atomic E-state index is 5.76. The number of hydrogen-bond acceptors (Lipinski definition) is 3. The minimum atomic E-state index is 0.360. The van der Waals surface area contributed by atoms with Crippen LogP contribution in [-0.4, -0.2) is 6.54 Å². The first-order valence-corrected chi connectivity index (χ1v) is 7.67. The second-order valence-electron chi connectivity index (χ2n) is 5.53. The monoisotopic (exact) mass is 272 g/mol. The molecule has 0 amide bonds. The van der Waals surface area contributed by atoms with Gasteiger partial charge < -0.3 is 11.1 Å². The van der Waals surface area contributed by atoms with E-state index in [2.05, 4.69) is 35.8 Å². The van der Waals surface area contributed by atoms with Crippen molar-refractivity contribution in [1.82, 2.24) is 5.32 Å². The average molecular weight is 272 g/mol. The van der Waals surface area contributed by atoms with Gasteiger partial charge in [0.05, 0.1) is 0 Å². The molecule has 2 nitrogen and oxygen atoms in total. The second-order valence-corrected chi connectivity index (χ2v) is 6.53. The number of nitrogen functional groups attached to an aromatic ring is 1. The largest absolute Gasteiger partial charge is 0.399 e. The Bertz CT molecular complexity index is 552. The molecule has 3 rings (SSSR count). The van der Waals surface area contributed by atoms with Gasteiger partial charge in [0.2, 0.25) is 0 Å². The van der Waals surface area contributed by atoms with E-state index >= 15 is 0 Å². The fraction of sp³-hybridized carbons (Fsp3) is 0.375. The summed E-state index contributed by atoms with van der Waals surface area (Å²) in [6, 6.07) is 10.6. The molecule has 3 N–H and O–H groups in total. The average Bonchev–Trinajstić information content (AvgIpc) is 3.08. The Kier molecular flexibility index (Phi) is 3.33. The van der Waals surface area contributed by atoms with E-state index in [1.54, 1.807) is 0 Å². The lowest BCUT2D eigenvalue weighted by Gasteiger charge is -2.16. The smallest absolute Gasteiger partial charge is 0.0314 e. The van der Waals surface area contributed by atoms with Crippen LogP contribution in [0.5, 0.6) is 0 Å². The lowest BCUT2D eigenvalue weighted by atomic mass is 9.95. The van der Waals surface area contributed by atoms with E-state index in [0.29, 0.717) is 5.41 Å². The summed E-state index contributed by atoms with van der Waals surface area (Å²) in [5.41, 5.74) is 9.79. The molecule has 0 saturated heterocycles. The number of anilines is 1. The van der Waals surface area contributed by atoms with Crippen LogP contribution in [0.4, 0.5) is 5.69 Å². The number of hydrogen-bond donors (Lipinski definition) is 2. The third kappa shape index (κ3) is 2.67. The lowest BCUT2D eigenvalue weighted by Crippen LogP contribution is -2.26. The van der Waals surface area contributed by atoms with Gasteiger partial charge in [0.25, 0.3) is 0 Å². The summed E-state index contributed by atoms with van der Waals surface area (Å²) in [5.74, 6) is 0. The van der Waals surface area contributed by atoms with Crippen molar-refractivity contribution in [3.05, 3.63) is 51.7 Å². The molecule has 2 aromatic rings. The highest BCUT2D eigenvalue weighted by atomic mass is 32.1. The third-order valence-corrected chi connectivity index (χ3v) is 5.12. The van der Waals surface area contributed by atoms with Crippen LogP contribution in [0.3, 0.4) is 0 Å². The first kappa shape index (κ1) is 12.7. The summed E-state index contributed by atoms with van der Waals surface area (Å²) in [5, 5.41) is 5.79. The number of thiophene rings is 1. The van der Waals surface area contributed by atoms with Gasteiger partial charge in [0, 0.05) is 29.1 Å². The van der Waals surface area contributed by atoms with Crippen LogP contribution < -0.4 is 11.1 Å². The Morgan fingerprint density at radius 1 is 1.21 bits per heavy atom. The van der Waals surface area contributed by atoms with Crippen LogP contribution in [0.25, 0.3) is 0 Å². The van der Waals surface area contributed by atoms with Crippen molar-refractivity contribution in [2.75, 3.05) is 12.3 Å². The van der Waals surface area contributed by atoms with Crippen LogP contribution in [-0.2, 0) is 12.0 Å². The standard InChI is InChI=1S/C16H20N2S/c1-12-6-9-19-15(12)10-18-11-16(7-8-16)13-2-4-14(17)5-3-13/h2-6,9,18H,7-8,10-11,17H2,1H3. The number of rotatable bonds is 5. The lowest BCUT2D eigenvalue weighted by molar-refractivity contribution is 0.577. The summed E-state index contributed by atoms with van der Waals surface area (Å²) in [6.07, 6.45) is 2.57. The fourth-order valence-electron chi connectivity index (χ4n) is 2.56. The quantitative estimate of drug-likeness (QED) is 0.818. The summed E-state index contributed by atoms with van der Waals surface area (Å²) in [7, 11) is 0. The first-order valence-electron chi connectivity index (χ1n) is 6.79. The molecule has 0 unspecified atom stereocenters. The van der Waals surface area contributed by atoms with E-state index in [4.69, 9.17) is 5.73 Å². The van der Waals surface area contributed by atoms with E-state index in [-0.39, 0.29) is 0 Å². The third-order valence-electron chi connectivity index (χ3n) is 4.09. The number of nitrogens with two attached hydrogens (primary N) is 1. The van der Waals surface area contributed by atoms with Crippen molar-refractivity contribution in [3.8, 4) is 0 Å². The topological polar surface area (TPSA) is 38.0 Å². The minimum Gasteiger partial charge on any atom is -0.399 e.